The molecule has 2 N–H and O–H groups in total. The van der Waals surface area contributed by atoms with Crippen LogP contribution >= 0.6 is 0 Å². The van der Waals surface area contributed by atoms with Crippen LogP contribution in [0, 0.1) is 11.3 Å². The molecule has 19 heavy (non-hydrogen) atoms. The minimum absolute atomic E-state index is 0.110. The number of nitrogens with two attached hydrogens (primary N) is 1. The molecule has 0 radical (unpaired) electrons. The van der Waals surface area contributed by atoms with Gasteiger partial charge in [-0.15, -0.1) is 0 Å². The summed E-state index contributed by atoms with van der Waals surface area (Å²) in [5, 5.41) is 8.06. The number of allylic oxidation sites excluding steroid dienone is 4. The molecule has 2 atom stereocenters. The van der Waals surface area contributed by atoms with Crippen molar-refractivity contribution in [3.8, 4) is 0 Å². The molecule has 0 saturated heterocycles. The standard InChI is InChI=1S/C14H22BN3O/c1-12-8-14(2)10-18-17-9-13(14)6-4-3-5-7-15(11-16)19-12/h4,6,8-10,13H,3,5,7,11,16H2,1-2H3/b6-4+,12-8+. The number of nitrogens with zero attached hydrogens (tertiary/aromatic N) is 2. The molecular formula is C14H22BN3O. The first-order valence-electron chi connectivity index (χ1n) is 6.94. The molecule has 0 saturated carbocycles. The Morgan fingerprint density at radius 1 is 1.53 bits per heavy atom. The lowest BCUT2D eigenvalue weighted by Gasteiger charge is -2.29. The van der Waals surface area contributed by atoms with E-state index in [1.807, 2.05) is 19.4 Å². The lowest BCUT2D eigenvalue weighted by molar-refractivity contribution is 0.410. The van der Waals surface area contributed by atoms with Gasteiger partial charge >= 0.3 is 6.92 Å². The summed E-state index contributed by atoms with van der Waals surface area (Å²) in [5.41, 5.74) is 5.59. The predicted molar refractivity (Wildman–Crippen MR) is 81.4 cm³/mol. The lowest BCUT2D eigenvalue weighted by Crippen LogP contribution is -2.31. The highest BCUT2D eigenvalue weighted by Crippen LogP contribution is 2.31. The second kappa shape index (κ2) is 6.19. The molecule has 5 heteroatoms. The first-order valence-corrected chi connectivity index (χ1v) is 6.94. The molecule has 102 valence electrons. The number of hydrogen-bond donors (Lipinski definition) is 1. The van der Waals surface area contributed by atoms with E-state index < -0.39 is 0 Å². The van der Waals surface area contributed by atoms with E-state index in [1.54, 1.807) is 0 Å². The van der Waals surface area contributed by atoms with Crippen LogP contribution in [0.3, 0.4) is 0 Å². The fraction of sp³-hybridized carbons (Fsp3) is 0.571. The molecule has 2 aliphatic heterocycles. The molecule has 0 fully saturated rings. The molecule has 0 aromatic heterocycles. The molecule has 2 aliphatic rings. The first kappa shape index (κ1) is 14.1. The molecule has 0 aliphatic carbocycles. The maximum atomic E-state index is 5.95. The maximum Gasteiger partial charge on any atom is 0.370 e. The molecule has 0 spiro atoms. The Morgan fingerprint density at radius 3 is 3.16 bits per heavy atom. The van der Waals surface area contributed by atoms with Crippen LogP contribution < -0.4 is 5.73 Å². The topological polar surface area (TPSA) is 60.0 Å². The lowest BCUT2D eigenvalue weighted by atomic mass is 9.63. The Balaban J connectivity index is 2.27. The van der Waals surface area contributed by atoms with Crippen LogP contribution in [0.15, 0.2) is 34.2 Å². The van der Waals surface area contributed by atoms with Crippen molar-refractivity contribution in [1.29, 1.82) is 0 Å². The summed E-state index contributed by atoms with van der Waals surface area (Å²) in [5.74, 6) is 1.15. The second-order valence-electron chi connectivity index (χ2n) is 5.49. The summed E-state index contributed by atoms with van der Waals surface area (Å²) in [6.07, 6.45) is 14.1. The SMILES string of the molecule is C/C1=C\C2(C)C=NN=CC2/C=C/CCCB(CN)O1. The van der Waals surface area contributed by atoms with Crippen molar-refractivity contribution in [2.45, 2.75) is 33.0 Å². The smallest absolute Gasteiger partial charge is 0.370 e. The number of hydrogen-bond acceptors (Lipinski definition) is 4. The average molecular weight is 259 g/mol. The van der Waals surface area contributed by atoms with Gasteiger partial charge in [-0.2, -0.15) is 10.2 Å². The summed E-state index contributed by atoms with van der Waals surface area (Å²) in [6, 6.07) is 0. The zero-order chi connectivity index (χ0) is 13.7. The van der Waals surface area contributed by atoms with Gasteiger partial charge in [-0.05, 0) is 32.7 Å². The number of rotatable bonds is 1. The van der Waals surface area contributed by atoms with E-state index in [0.29, 0.717) is 6.44 Å². The fourth-order valence-electron chi connectivity index (χ4n) is 2.57. The van der Waals surface area contributed by atoms with Crippen molar-refractivity contribution < 1.29 is 4.65 Å². The maximum absolute atomic E-state index is 5.95. The van der Waals surface area contributed by atoms with Gasteiger partial charge in [0.25, 0.3) is 0 Å². The van der Waals surface area contributed by atoms with Gasteiger partial charge in [-0.25, -0.2) is 0 Å². The van der Waals surface area contributed by atoms with Gasteiger partial charge in [0.15, 0.2) is 0 Å². The van der Waals surface area contributed by atoms with Crippen LogP contribution in [0.4, 0.5) is 0 Å². The molecule has 4 nitrogen and oxygen atoms in total. The van der Waals surface area contributed by atoms with E-state index in [-0.39, 0.29) is 18.2 Å². The molecule has 0 amide bonds. The molecule has 2 heterocycles. The van der Waals surface area contributed by atoms with Crippen molar-refractivity contribution in [2.24, 2.45) is 27.3 Å². The van der Waals surface area contributed by atoms with E-state index in [0.717, 1.165) is 24.9 Å². The molecule has 0 bridgehead atoms. The zero-order valence-electron chi connectivity index (χ0n) is 11.7. The van der Waals surface area contributed by atoms with Crippen LogP contribution in [0.1, 0.15) is 26.7 Å². The van der Waals surface area contributed by atoms with Gasteiger partial charge in [0, 0.05) is 30.2 Å². The van der Waals surface area contributed by atoms with E-state index in [2.05, 4.69) is 35.4 Å². The Labute approximate surface area is 115 Å². The molecule has 2 unspecified atom stereocenters. The summed E-state index contributed by atoms with van der Waals surface area (Å²) in [4.78, 5) is 0. The minimum atomic E-state index is -0.175. The summed E-state index contributed by atoms with van der Waals surface area (Å²) >= 11 is 0. The van der Waals surface area contributed by atoms with E-state index in [4.69, 9.17) is 10.4 Å². The largest absolute Gasteiger partial charge is 0.563 e. The normalized spacial score (nSPS) is 35.6. The van der Waals surface area contributed by atoms with Crippen LogP contribution in [0.5, 0.6) is 0 Å². The third-order valence-electron chi connectivity index (χ3n) is 3.72. The molecule has 0 aromatic rings. The Hall–Kier alpha value is -1.36. The number of fused-ring (bicyclic) bond motifs is 1. The van der Waals surface area contributed by atoms with Gasteiger partial charge in [0.1, 0.15) is 0 Å². The molecule has 2 rings (SSSR count). The van der Waals surface area contributed by atoms with Gasteiger partial charge in [-0.3, -0.25) is 0 Å². The van der Waals surface area contributed by atoms with E-state index >= 15 is 0 Å². The van der Waals surface area contributed by atoms with Gasteiger partial charge in [0.05, 0.1) is 5.76 Å². The van der Waals surface area contributed by atoms with E-state index in [1.165, 1.54) is 0 Å². The van der Waals surface area contributed by atoms with Crippen LogP contribution in [-0.4, -0.2) is 25.8 Å². The highest BCUT2D eigenvalue weighted by atomic mass is 16.4. The quantitative estimate of drug-likeness (QED) is 0.580. The van der Waals surface area contributed by atoms with Crippen molar-refractivity contribution in [3.05, 3.63) is 24.0 Å². The third-order valence-corrected chi connectivity index (χ3v) is 3.72. The summed E-state index contributed by atoms with van der Waals surface area (Å²) in [6.45, 7) is 4.25. The van der Waals surface area contributed by atoms with Crippen molar-refractivity contribution in [1.82, 2.24) is 0 Å². The Morgan fingerprint density at radius 2 is 2.37 bits per heavy atom. The van der Waals surface area contributed by atoms with Gasteiger partial charge in [0.2, 0.25) is 0 Å². The zero-order valence-corrected chi connectivity index (χ0v) is 11.7. The third kappa shape index (κ3) is 3.56. The molecular weight excluding hydrogens is 237 g/mol. The fourth-order valence-corrected chi connectivity index (χ4v) is 2.57. The van der Waals surface area contributed by atoms with Crippen LogP contribution in [0.25, 0.3) is 0 Å². The van der Waals surface area contributed by atoms with Crippen molar-refractivity contribution >= 4 is 19.3 Å². The van der Waals surface area contributed by atoms with E-state index in [9.17, 15) is 0 Å². The predicted octanol–water partition coefficient (Wildman–Crippen LogP) is 2.44. The summed E-state index contributed by atoms with van der Waals surface area (Å²) in [7, 11) is 0. The Kier molecular flexibility index (Phi) is 4.58. The monoisotopic (exact) mass is 259 g/mol. The van der Waals surface area contributed by atoms with Gasteiger partial charge in [-0.1, -0.05) is 18.6 Å². The van der Waals surface area contributed by atoms with Crippen molar-refractivity contribution in [3.63, 3.8) is 0 Å². The van der Waals surface area contributed by atoms with Crippen molar-refractivity contribution in [2.75, 3.05) is 6.44 Å². The highest BCUT2D eigenvalue weighted by Gasteiger charge is 2.31. The molecule has 0 aromatic carbocycles. The van der Waals surface area contributed by atoms with Crippen LogP contribution in [0.2, 0.25) is 6.32 Å². The highest BCUT2D eigenvalue weighted by molar-refractivity contribution is 6.52. The summed E-state index contributed by atoms with van der Waals surface area (Å²) < 4.78 is 5.95. The Bertz CT molecular complexity index is 430. The first-order chi connectivity index (χ1) is 9.14. The van der Waals surface area contributed by atoms with Gasteiger partial charge < -0.3 is 10.4 Å². The minimum Gasteiger partial charge on any atom is -0.563 e. The van der Waals surface area contributed by atoms with Crippen LogP contribution in [-0.2, 0) is 4.65 Å². The second-order valence-corrected chi connectivity index (χ2v) is 5.49. The average Bonchev–Trinajstić information content (AvgIpc) is 2.40.